The lowest BCUT2D eigenvalue weighted by Crippen LogP contribution is -2.48. The van der Waals surface area contributed by atoms with Gasteiger partial charge in [0.2, 0.25) is 0 Å². The molecule has 0 saturated carbocycles. The van der Waals surface area contributed by atoms with Crippen molar-refractivity contribution in [2.45, 2.75) is 50.7 Å². The highest BCUT2D eigenvalue weighted by Gasteiger charge is 2.61. The van der Waals surface area contributed by atoms with Gasteiger partial charge in [0.15, 0.2) is 0 Å². The first-order valence-corrected chi connectivity index (χ1v) is 13.4. The standard InChI is InChI=1S/C31H28F2N4O5/c1-5-7-13-36-25-11-9-21(32)15-23(25)30(27(36)38,19(3)17-34)41-29(40)42-31(20(4)18-35)24-16-22(33)10-12-26(24)37(28(31)39)14-8-6-2/h9-12,15-16H,3-8,13-14H2,1-2H3. The minimum absolute atomic E-state index is 0.158. The molecule has 0 N–H and O–H groups in total. The molecule has 0 aliphatic carbocycles. The lowest BCUT2D eigenvalue weighted by atomic mass is 9.87. The Hall–Kier alpha value is -5.03. The molecular weight excluding hydrogens is 546 g/mol. The van der Waals surface area contributed by atoms with Gasteiger partial charge in [0, 0.05) is 24.2 Å². The third kappa shape index (κ3) is 4.47. The molecule has 4 rings (SSSR count). The summed E-state index contributed by atoms with van der Waals surface area (Å²) in [5.41, 5.74) is -6.06. The molecule has 2 aliphatic heterocycles. The van der Waals surface area contributed by atoms with Gasteiger partial charge in [-0.1, -0.05) is 39.8 Å². The quantitative estimate of drug-likeness (QED) is 0.265. The average molecular weight is 575 g/mol. The first-order valence-electron chi connectivity index (χ1n) is 13.4. The molecule has 216 valence electrons. The molecule has 2 atom stereocenters. The second-order valence-electron chi connectivity index (χ2n) is 9.94. The number of hydrogen-bond donors (Lipinski definition) is 0. The van der Waals surface area contributed by atoms with E-state index in [1.54, 1.807) is 12.1 Å². The zero-order valence-electron chi connectivity index (χ0n) is 23.2. The number of carbonyl (C=O) groups is 3. The van der Waals surface area contributed by atoms with Crippen molar-refractivity contribution in [3.63, 3.8) is 0 Å². The number of amides is 2. The van der Waals surface area contributed by atoms with Crippen LogP contribution in [0.25, 0.3) is 0 Å². The van der Waals surface area contributed by atoms with Gasteiger partial charge in [-0.3, -0.25) is 9.59 Å². The van der Waals surface area contributed by atoms with Gasteiger partial charge in [-0.2, -0.15) is 10.5 Å². The zero-order valence-corrected chi connectivity index (χ0v) is 23.2. The third-order valence-corrected chi connectivity index (χ3v) is 7.41. The van der Waals surface area contributed by atoms with Crippen LogP contribution in [0.4, 0.5) is 25.0 Å². The Morgan fingerprint density at radius 2 is 1.19 bits per heavy atom. The summed E-state index contributed by atoms with van der Waals surface area (Å²) in [7, 11) is 0. The van der Waals surface area contributed by atoms with Crippen molar-refractivity contribution < 1.29 is 32.6 Å². The molecule has 2 aromatic carbocycles. The third-order valence-electron chi connectivity index (χ3n) is 7.41. The number of anilines is 2. The van der Waals surface area contributed by atoms with E-state index in [1.165, 1.54) is 21.9 Å². The second kappa shape index (κ2) is 11.5. The molecule has 2 unspecified atom stereocenters. The summed E-state index contributed by atoms with van der Waals surface area (Å²) in [6, 6.07) is 10.3. The maximum absolute atomic E-state index is 14.5. The maximum Gasteiger partial charge on any atom is 0.511 e. The van der Waals surface area contributed by atoms with Crippen LogP contribution in [0.1, 0.15) is 50.7 Å². The smallest absolute Gasteiger partial charge is 0.407 e. The fraction of sp³-hybridized carbons (Fsp3) is 0.323. The van der Waals surface area contributed by atoms with Crippen molar-refractivity contribution in [1.29, 1.82) is 10.5 Å². The van der Waals surface area contributed by atoms with Crippen molar-refractivity contribution in [3.05, 3.63) is 83.5 Å². The first-order chi connectivity index (χ1) is 20.0. The molecule has 0 saturated heterocycles. The van der Waals surface area contributed by atoms with E-state index >= 15 is 0 Å². The van der Waals surface area contributed by atoms with Gasteiger partial charge in [-0.25, -0.2) is 13.6 Å². The number of halogens is 2. The van der Waals surface area contributed by atoms with E-state index in [1.807, 2.05) is 13.8 Å². The Kier molecular flexibility index (Phi) is 8.17. The zero-order chi connectivity index (χ0) is 30.8. The molecule has 0 fully saturated rings. The molecule has 2 aliphatic rings. The highest BCUT2D eigenvalue weighted by Crippen LogP contribution is 2.50. The molecule has 2 heterocycles. The second-order valence-corrected chi connectivity index (χ2v) is 9.94. The number of benzene rings is 2. The van der Waals surface area contributed by atoms with Crippen molar-refractivity contribution in [3.8, 4) is 12.1 Å². The van der Waals surface area contributed by atoms with Crippen molar-refractivity contribution in [2.24, 2.45) is 0 Å². The normalized spacial score (nSPS) is 20.4. The van der Waals surface area contributed by atoms with Crippen LogP contribution in [-0.2, 0) is 30.3 Å². The van der Waals surface area contributed by atoms with E-state index < -0.39 is 52.0 Å². The van der Waals surface area contributed by atoms with Gasteiger partial charge in [0.25, 0.3) is 23.0 Å². The van der Waals surface area contributed by atoms with Gasteiger partial charge >= 0.3 is 6.16 Å². The number of nitriles is 2. The van der Waals surface area contributed by atoms with Gasteiger partial charge in [-0.05, 0) is 49.2 Å². The number of rotatable bonds is 10. The molecule has 0 spiro atoms. The van der Waals surface area contributed by atoms with E-state index in [4.69, 9.17) is 9.47 Å². The topological polar surface area (TPSA) is 124 Å². The summed E-state index contributed by atoms with van der Waals surface area (Å²) < 4.78 is 40.2. The number of carbonyl (C=O) groups excluding carboxylic acids is 3. The summed E-state index contributed by atoms with van der Waals surface area (Å²) in [5.74, 6) is -3.33. The van der Waals surface area contributed by atoms with Crippen LogP contribution < -0.4 is 9.80 Å². The van der Waals surface area contributed by atoms with Crippen LogP contribution in [0, 0.1) is 34.3 Å². The van der Waals surface area contributed by atoms with E-state index in [0.717, 1.165) is 24.3 Å². The molecule has 9 nitrogen and oxygen atoms in total. The van der Waals surface area contributed by atoms with Gasteiger partial charge in [-0.15, -0.1) is 0 Å². The van der Waals surface area contributed by atoms with Crippen molar-refractivity contribution in [2.75, 3.05) is 22.9 Å². The Labute approximate surface area is 241 Å². The Balaban J connectivity index is 1.84. The lowest BCUT2D eigenvalue weighted by Gasteiger charge is -2.31. The molecule has 0 aromatic heterocycles. The van der Waals surface area contributed by atoms with Crippen LogP contribution in [0.3, 0.4) is 0 Å². The molecule has 11 heteroatoms. The maximum atomic E-state index is 14.5. The lowest BCUT2D eigenvalue weighted by molar-refractivity contribution is -0.143. The molecule has 2 aromatic rings. The summed E-state index contributed by atoms with van der Waals surface area (Å²) >= 11 is 0. The fourth-order valence-corrected chi connectivity index (χ4v) is 5.29. The Morgan fingerprint density at radius 1 is 0.810 bits per heavy atom. The number of unbranched alkanes of at least 4 members (excludes halogenated alkanes) is 2. The summed E-state index contributed by atoms with van der Waals surface area (Å²) in [6.07, 6.45) is 0.807. The van der Waals surface area contributed by atoms with Crippen molar-refractivity contribution in [1.82, 2.24) is 0 Å². The minimum Gasteiger partial charge on any atom is -0.407 e. The molecule has 42 heavy (non-hydrogen) atoms. The fourth-order valence-electron chi connectivity index (χ4n) is 5.29. The monoisotopic (exact) mass is 574 g/mol. The highest BCUT2D eigenvalue weighted by atomic mass is 19.1. The molecule has 2 amide bonds. The van der Waals surface area contributed by atoms with Crippen LogP contribution in [0.2, 0.25) is 0 Å². The average Bonchev–Trinajstić information content (AvgIpc) is 3.34. The molecular formula is C31H28F2N4O5. The summed E-state index contributed by atoms with van der Waals surface area (Å²) in [6.45, 7) is 11.4. The molecule has 0 radical (unpaired) electrons. The highest BCUT2D eigenvalue weighted by molar-refractivity contribution is 6.12. The SMILES string of the molecule is C=C(C#N)C1(OC(=O)OC2(C(=C)C#N)C(=O)N(CCCC)c3ccc(F)cc32)C(=O)N(CCCC)c2ccc(F)cc21. The van der Waals surface area contributed by atoms with Crippen LogP contribution in [0.5, 0.6) is 0 Å². The summed E-state index contributed by atoms with van der Waals surface area (Å²) in [5, 5.41) is 19.6. The largest absolute Gasteiger partial charge is 0.511 e. The Bertz CT molecular complexity index is 1480. The summed E-state index contributed by atoms with van der Waals surface area (Å²) in [4.78, 5) is 43.9. The van der Waals surface area contributed by atoms with Crippen LogP contribution >= 0.6 is 0 Å². The van der Waals surface area contributed by atoms with E-state index in [0.29, 0.717) is 25.7 Å². The Morgan fingerprint density at radius 3 is 1.52 bits per heavy atom. The predicted molar refractivity (Wildman–Crippen MR) is 148 cm³/mol. The van der Waals surface area contributed by atoms with Gasteiger partial charge < -0.3 is 19.3 Å². The number of fused-ring (bicyclic) bond motifs is 2. The van der Waals surface area contributed by atoms with Gasteiger partial charge in [0.05, 0.1) is 34.7 Å². The van der Waals surface area contributed by atoms with E-state index in [-0.39, 0.29) is 35.6 Å². The number of ether oxygens (including phenoxy) is 2. The number of hydrogen-bond acceptors (Lipinski definition) is 7. The molecule has 0 bridgehead atoms. The van der Waals surface area contributed by atoms with E-state index in [9.17, 15) is 33.7 Å². The first kappa shape index (κ1) is 29.9. The predicted octanol–water partition coefficient (Wildman–Crippen LogP) is 5.66. The van der Waals surface area contributed by atoms with E-state index in [2.05, 4.69) is 13.2 Å². The number of nitrogens with zero attached hydrogens (tertiary/aromatic N) is 4. The van der Waals surface area contributed by atoms with Crippen LogP contribution in [-0.4, -0.2) is 31.1 Å². The van der Waals surface area contributed by atoms with Crippen LogP contribution in [0.15, 0.2) is 60.7 Å². The minimum atomic E-state index is -2.53. The van der Waals surface area contributed by atoms with Gasteiger partial charge in [0.1, 0.15) is 11.6 Å². The van der Waals surface area contributed by atoms with Crippen molar-refractivity contribution >= 4 is 29.3 Å².